The van der Waals surface area contributed by atoms with Gasteiger partial charge >= 0.3 is 5.97 Å². The Morgan fingerprint density at radius 3 is 2.70 bits per heavy atom. The van der Waals surface area contributed by atoms with Crippen molar-refractivity contribution in [1.29, 1.82) is 0 Å². The molecular weight excluding hydrogens is 260 g/mol. The second kappa shape index (κ2) is 7.67. The molecular formula is C14H22N2O4. The van der Waals surface area contributed by atoms with Crippen LogP contribution in [-0.2, 0) is 16.1 Å². The molecule has 0 unspecified atom stereocenters. The van der Waals surface area contributed by atoms with Crippen molar-refractivity contribution in [2.24, 2.45) is 0 Å². The fourth-order valence-corrected chi connectivity index (χ4v) is 1.76. The molecule has 1 rings (SSSR count). The molecule has 0 aromatic carbocycles. The van der Waals surface area contributed by atoms with E-state index in [1.54, 1.807) is 4.90 Å². The molecule has 0 bridgehead atoms. The van der Waals surface area contributed by atoms with Crippen LogP contribution in [0, 0.1) is 0 Å². The van der Waals surface area contributed by atoms with E-state index in [0.29, 0.717) is 12.3 Å². The van der Waals surface area contributed by atoms with Gasteiger partial charge in [-0.15, -0.1) is 0 Å². The van der Waals surface area contributed by atoms with Crippen molar-refractivity contribution >= 4 is 11.9 Å². The number of methoxy groups -OCH3 is 1. The molecule has 0 spiro atoms. The number of amides is 1. The molecule has 0 aliphatic carbocycles. The number of esters is 1. The maximum atomic E-state index is 12.1. The van der Waals surface area contributed by atoms with Gasteiger partial charge in [-0.3, -0.25) is 4.79 Å². The van der Waals surface area contributed by atoms with Gasteiger partial charge in [-0.05, 0) is 20.3 Å². The first kappa shape index (κ1) is 16.2. The van der Waals surface area contributed by atoms with E-state index in [9.17, 15) is 9.59 Å². The summed E-state index contributed by atoms with van der Waals surface area (Å²) in [6, 6.07) is 0.0489. The van der Waals surface area contributed by atoms with Gasteiger partial charge in [0.05, 0.1) is 13.7 Å². The monoisotopic (exact) mass is 282 g/mol. The zero-order valence-corrected chi connectivity index (χ0v) is 12.5. The Morgan fingerprint density at radius 2 is 2.15 bits per heavy atom. The van der Waals surface area contributed by atoms with E-state index in [1.165, 1.54) is 13.4 Å². The van der Waals surface area contributed by atoms with Crippen LogP contribution >= 0.6 is 0 Å². The summed E-state index contributed by atoms with van der Waals surface area (Å²) in [6.45, 7) is 6.18. The molecule has 0 fully saturated rings. The van der Waals surface area contributed by atoms with Gasteiger partial charge in [0.15, 0.2) is 5.69 Å². The smallest absolute Gasteiger partial charge is 0.360 e. The van der Waals surface area contributed by atoms with Gasteiger partial charge in [-0.2, -0.15) is 0 Å². The molecule has 0 aliphatic heterocycles. The number of unbranched alkanes of at least 4 members (excludes halogenated alkanes) is 1. The van der Waals surface area contributed by atoms with Crippen molar-refractivity contribution in [2.45, 2.75) is 52.6 Å². The minimum atomic E-state index is -0.548. The van der Waals surface area contributed by atoms with Gasteiger partial charge in [0, 0.05) is 12.5 Å². The lowest BCUT2D eigenvalue weighted by Crippen LogP contribution is -2.36. The second-order valence-corrected chi connectivity index (χ2v) is 4.84. The van der Waals surface area contributed by atoms with Crippen LogP contribution < -0.4 is 0 Å². The van der Waals surface area contributed by atoms with E-state index >= 15 is 0 Å². The van der Waals surface area contributed by atoms with Gasteiger partial charge in [0.2, 0.25) is 11.8 Å². The van der Waals surface area contributed by atoms with E-state index in [4.69, 9.17) is 4.42 Å². The highest BCUT2D eigenvalue weighted by Gasteiger charge is 2.20. The Kier molecular flexibility index (Phi) is 6.21. The Balaban J connectivity index is 2.73. The van der Waals surface area contributed by atoms with Crippen molar-refractivity contribution < 1.29 is 18.7 Å². The Morgan fingerprint density at radius 1 is 1.45 bits per heavy atom. The summed E-state index contributed by atoms with van der Waals surface area (Å²) in [7, 11) is 1.28. The lowest BCUT2D eigenvalue weighted by atomic mass is 10.2. The number of carbonyl (C=O) groups excluding carboxylic acids is 2. The molecule has 0 radical (unpaired) electrons. The number of ether oxygens (including phenoxy) is 1. The summed E-state index contributed by atoms with van der Waals surface area (Å²) in [5.41, 5.74) is 0.118. The molecule has 20 heavy (non-hydrogen) atoms. The zero-order valence-electron chi connectivity index (χ0n) is 12.5. The molecule has 1 heterocycles. The number of carbonyl (C=O) groups is 2. The van der Waals surface area contributed by atoms with E-state index in [2.05, 4.69) is 9.72 Å². The topological polar surface area (TPSA) is 72.6 Å². The molecule has 0 saturated carbocycles. The summed E-state index contributed by atoms with van der Waals surface area (Å²) in [5.74, 6) is -0.142. The summed E-state index contributed by atoms with van der Waals surface area (Å²) in [5, 5.41) is 0. The first-order chi connectivity index (χ1) is 9.49. The third-order valence-electron chi connectivity index (χ3n) is 2.94. The lowest BCUT2D eigenvalue weighted by Gasteiger charge is -2.25. The molecule has 0 atom stereocenters. The van der Waals surface area contributed by atoms with E-state index in [-0.39, 0.29) is 24.2 Å². The average Bonchev–Trinajstić information content (AvgIpc) is 2.89. The van der Waals surface area contributed by atoms with Crippen molar-refractivity contribution in [3.05, 3.63) is 17.8 Å². The van der Waals surface area contributed by atoms with Gasteiger partial charge in [-0.1, -0.05) is 13.3 Å². The molecule has 0 aliphatic rings. The SMILES string of the molecule is CCCCC(=O)N(Cc1nc(C(=O)OC)co1)C(C)C. The van der Waals surface area contributed by atoms with Gasteiger partial charge < -0.3 is 14.1 Å². The minimum absolute atomic E-state index is 0.0489. The number of rotatable bonds is 7. The third kappa shape index (κ3) is 4.36. The number of hydrogen-bond donors (Lipinski definition) is 0. The van der Waals surface area contributed by atoms with Gasteiger partial charge in [-0.25, -0.2) is 9.78 Å². The summed E-state index contributed by atoms with van der Waals surface area (Å²) in [6.07, 6.45) is 3.60. The van der Waals surface area contributed by atoms with Crippen LogP contribution in [0.15, 0.2) is 10.7 Å². The molecule has 1 aromatic heterocycles. The summed E-state index contributed by atoms with van der Waals surface area (Å²) >= 11 is 0. The second-order valence-electron chi connectivity index (χ2n) is 4.84. The van der Waals surface area contributed by atoms with Crippen LogP contribution in [-0.4, -0.2) is 34.9 Å². The Hall–Kier alpha value is -1.85. The zero-order chi connectivity index (χ0) is 15.1. The first-order valence-corrected chi connectivity index (χ1v) is 6.81. The molecule has 0 saturated heterocycles. The van der Waals surface area contributed by atoms with E-state index in [1.807, 2.05) is 20.8 Å². The average molecular weight is 282 g/mol. The normalized spacial score (nSPS) is 10.7. The van der Waals surface area contributed by atoms with Crippen molar-refractivity contribution in [3.8, 4) is 0 Å². The highest BCUT2D eigenvalue weighted by molar-refractivity contribution is 5.86. The van der Waals surface area contributed by atoms with Crippen molar-refractivity contribution in [3.63, 3.8) is 0 Å². The quantitative estimate of drug-likeness (QED) is 0.718. The fraction of sp³-hybridized carbons (Fsp3) is 0.643. The molecule has 0 N–H and O–H groups in total. The van der Waals surface area contributed by atoms with E-state index in [0.717, 1.165) is 12.8 Å². The summed E-state index contributed by atoms with van der Waals surface area (Å²) < 4.78 is 9.78. The van der Waals surface area contributed by atoms with Gasteiger partial charge in [0.1, 0.15) is 6.26 Å². The molecule has 1 amide bonds. The standard InChI is InChI=1S/C14H22N2O4/c1-5-6-7-13(17)16(10(2)3)8-12-15-11(9-20-12)14(18)19-4/h9-10H,5-8H2,1-4H3. The van der Waals surface area contributed by atoms with E-state index < -0.39 is 5.97 Å². The largest absolute Gasteiger partial charge is 0.464 e. The molecule has 1 aromatic rings. The highest BCUT2D eigenvalue weighted by atomic mass is 16.5. The van der Waals surface area contributed by atoms with Crippen LogP contribution in [0.2, 0.25) is 0 Å². The number of aromatic nitrogens is 1. The Bertz CT molecular complexity index is 454. The van der Waals surface area contributed by atoms with Crippen molar-refractivity contribution in [2.75, 3.05) is 7.11 Å². The highest BCUT2D eigenvalue weighted by Crippen LogP contribution is 2.12. The number of nitrogens with zero attached hydrogens (tertiary/aromatic N) is 2. The molecule has 6 nitrogen and oxygen atoms in total. The van der Waals surface area contributed by atoms with Crippen LogP contribution in [0.4, 0.5) is 0 Å². The minimum Gasteiger partial charge on any atom is -0.464 e. The van der Waals surface area contributed by atoms with Gasteiger partial charge in [0.25, 0.3) is 0 Å². The molecule has 112 valence electrons. The van der Waals surface area contributed by atoms with Crippen molar-refractivity contribution in [1.82, 2.24) is 9.88 Å². The Labute approximate surface area is 119 Å². The third-order valence-corrected chi connectivity index (χ3v) is 2.94. The van der Waals surface area contributed by atoms with Crippen LogP contribution in [0.5, 0.6) is 0 Å². The predicted molar refractivity (Wildman–Crippen MR) is 73.1 cm³/mol. The number of hydrogen-bond acceptors (Lipinski definition) is 5. The lowest BCUT2D eigenvalue weighted by molar-refractivity contribution is -0.134. The maximum absolute atomic E-state index is 12.1. The fourth-order valence-electron chi connectivity index (χ4n) is 1.76. The van der Waals surface area contributed by atoms with Crippen LogP contribution in [0.1, 0.15) is 56.4 Å². The number of oxazole rings is 1. The molecule has 6 heteroatoms. The summed E-state index contributed by atoms with van der Waals surface area (Å²) in [4.78, 5) is 29.1. The first-order valence-electron chi connectivity index (χ1n) is 6.81. The van der Waals surface area contributed by atoms with Crippen LogP contribution in [0.3, 0.4) is 0 Å². The van der Waals surface area contributed by atoms with Crippen LogP contribution in [0.25, 0.3) is 0 Å². The maximum Gasteiger partial charge on any atom is 0.360 e. The predicted octanol–water partition coefficient (Wildman–Crippen LogP) is 2.39.